The Kier molecular flexibility index (Phi) is 9.85. The van der Waals surface area contributed by atoms with Crippen LogP contribution >= 0.6 is 24.0 Å². The van der Waals surface area contributed by atoms with E-state index in [1.54, 1.807) is 20.2 Å². The van der Waals surface area contributed by atoms with Gasteiger partial charge < -0.3 is 16.0 Å². The highest BCUT2D eigenvalue weighted by Crippen LogP contribution is 2.14. The van der Waals surface area contributed by atoms with Crippen molar-refractivity contribution < 1.29 is 4.79 Å². The number of halogens is 1. The summed E-state index contributed by atoms with van der Waals surface area (Å²) in [5.41, 5.74) is 4.26. The van der Waals surface area contributed by atoms with Crippen LogP contribution in [0.3, 0.4) is 0 Å². The molecule has 0 saturated heterocycles. The van der Waals surface area contributed by atoms with E-state index in [1.807, 2.05) is 18.2 Å². The summed E-state index contributed by atoms with van der Waals surface area (Å²) in [5.74, 6) is 1.04. The second kappa shape index (κ2) is 11.6. The Bertz CT molecular complexity index is 759. The van der Waals surface area contributed by atoms with Gasteiger partial charge in [-0.1, -0.05) is 48.9 Å². The molecule has 6 heteroatoms. The van der Waals surface area contributed by atoms with Gasteiger partial charge in [0, 0.05) is 32.7 Å². The fraction of sp³-hybridized carbons (Fsp3) is 0.333. The summed E-state index contributed by atoms with van der Waals surface area (Å²) in [5, 5.41) is 9.29. The van der Waals surface area contributed by atoms with E-state index in [0.717, 1.165) is 18.1 Å². The minimum atomic E-state index is -0.0821. The first kappa shape index (κ1) is 23.0. The number of nitrogens with zero attached hydrogens (tertiary/aromatic N) is 1. The Morgan fingerprint density at radius 2 is 1.81 bits per heavy atom. The van der Waals surface area contributed by atoms with Gasteiger partial charge in [0.15, 0.2) is 5.96 Å². The van der Waals surface area contributed by atoms with Crippen molar-refractivity contribution in [2.75, 3.05) is 20.6 Å². The average molecular weight is 480 g/mol. The first-order valence-electron chi connectivity index (χ1n) is 8.85. The van der Waals surface area contributed by atoms with Crippen molar-refractivity contribution >= 4 is 35.8 Å². The predicted molar refractivity (Wildman–Crippen MR) is 123 cm³/mol. The molecule has 27 heavy (non-hydrogen) atoms. The van der Waals surface area contributed by atoms with Crippen LogP contribution in [0.5, 0.6) is 0 Å². The highest BCUT2D eigenvalue weighted by molar-refractivity contribution is 14.0. The zero-order valence-corrected chi connectivity index (χ0v) is 18.7. The summed E-state index contributed by atoms with van der Waals surface area (Å²) in [6.07, 6.45) is 0. The van der Waals surface area contributed by atoms with Gasteiger partial charge in [0.1, 0.15) is 0 Å². The summed E-state index contributed by atoms with van der Waals surface area (Å²) in [6.45, 7) is 5.68. The monoisotopic (exact) mass is 480 g/mol. The van der Waals surface area contributed by atoms with Crippen LogP contribution in [0.2, 0.25) is 0 Å². The van der Waals surface area contributed by atoms with E-state index < -0.39 is 0 Å². The van der Waals surface area contributed by atoms with Crippen molar-refractivity contribution in [3.8, 4) is 0 Å². The maximum absolute atomic E-state index is 11.7. The van der Waals surface area contributed by atoms with Crippen molar-refractivity contribution in [2.45, 2.75) is 26.3 Å². The molecule has 0 aliphatic heterocycles. The number of amides is 1. The molecule has 0 aromatic heterocycles. The van der Waals surface area contributed by atoms with Crippen molar-refractivity contribution in [1.29, 1.82) is 0 Å². The molecule has 1 unspecified atom stereocenters. The molecule has 5 nitrogen and oxygen atoms in total. The lowest BCUT2D eigenvalue weighted by Crippen LogP contribution is -2.38. The number of guanidine groups is 1. The molecule has 0 aliphatic rings. The molecule has 0 radical (unpaired) electrons. The third kappa shape index (κ3) is 7.21. The topological polar surface area (TPSA) is 65.5 Å². The minimum absolute atomic E-state index is 0. The molecule has 2 aromatic rings. The fourth-order valence-electron chi connectivity index (χ4n) is 2.64. The number of benzene rings is 2. The standard InChI is InChI=1S/C21H28N4O.HI/c1-15-8-10-18(11-9-15)16(2)13-24-21(23-4)25-14-17-6-5-7-19(12-17)20(26)22-3;/h5-12,16H,13-14H2,1-4H3,(H,22,26)(H2,23,24,25);1H. The Labute approximate surface area is 179 Å². The van der Waals surface area contributed by atoms with Gasteiger partial charge in [-0.25, -0.2) is 0 Å². The average Bonchev–Trinajstić information content (AvgIpc) is 2.68. The van der Waals surface area contributed by atoms with Gasteiger partial charge in [-0.2, -0.15) is 0 Å². The van der Waals surface area contributed by atoms with Crippen LogP contribution in [0, 0.1) is 6.92 Å². The molecule has 0 spiro atoms. The fourth-order valence-corrected chi connectivity index (χ4v) is 2.64. The molecule has 0 bridgehead atoms. The van der Waals surface area contributed by atoms with Crippen LogP contribution in [-0.2, 0) is 6.54 Å². The number of aryl methyl sites for hydroxylation is 1. The van der Waals surface area contributed by atoms with Gasteiger partial charge in [-0.05, 0) is 36.1 Å². The van der Waals surface area contributed by atoms with E-state index in [9.17, 15) is 4.79 Å². The molecular formula is C21H29IN4O. The van der Waals surface area contributed by atoms with E-state index in [1.165, 1.54) is 11.1 Å². The molecule has 2 aromatic carbocycles. The maximum atomic E-state index is 11.7. The van der Waals surface area contributed by atoms with E-state index in [0.29, 0.717) is 18.0 Å². The maximum Gasteiger partial charge on any atom is 0.251 e. The molecule has 0 fully saturated rings. The second-order valence-electron chi connectivity index (χ2n) is 6.40. The molecule has 1 atom stereocenters. The van der Waals surface area contributed by atoms with Crippen LogP contribution in [0.1, 0.15) is 39.9 Å². The number of hydrogen-bond acceptors (Lipinski definition) is 2. The molecule has 3 N–H and O–H groups in total. The van der Waals surface area contributed by atoms with Gasteiger partial charge in [0.25, 0.3) is 5.91 Å². The predicted octanol–water partition coefficient (Wildman–Crippen LogP) is 3.44. The smallest absolute Gasteiger partial charge is 0.251 e. The number of aliphatic imine (C=N–C) groups is 1. The van der Waals surface area contributed by atoms with Crippen molar-refractivity contribution in [3.05, 3.63) is 70.8 Å². The second-order valence-corrected chi connectivity index (χ2v) is 6.40. The van der Waals surface area contributed by atoms with Crippen LogP contribution < -0.4 is 16.0 Å². The quantitative estimate of drug-likeness (QED) is 0.337. The van der Waals surface area contributed by atoms with Crippen molar-refractivity contribution in [2.24, 2.45) is 4.99 Å². The van der Waals surface area contributed by atoms with Gasteiger partial charge in [-0.15, -0.1) is 24.0 Å². The number of nitrogens with one attached hydrogen (secondary N) is 3. The minimum Gasteiger partial charge on any atom is -0.356 e. The Morgan fingerprint density at radius 3 is 2.44 bits per heavy atom. The van der Waals surface area contributed by atoms with Gasteiger partial charge in [-0.3, -0.25) is 9.79 Å². The molecular weight excluding hydrogens is 451 g/mol. The molecule has 2 rings (SSSR count). The largest absolute Gasteiger partial charge is 0.356 e. The van der Waals surface area contributed by atoms with Crippen molar-refractivity contribution in [1.82, 2.24) is 16.0 Å². The van der Waals surface area contributed by atoms with E-state index >= 15 is 0 Å². The molecule has 146 valence electrons. The zero-order valence-electron chi connectivity index (χ0n) is 16.4. The van der Waals surface area contributed by atoms with Crippen LogP contribution in [0.25, 0.3) is 0 Å². The first-order valence-corrected chi connectivity index (χ1v) is 8.85. The highest BCUT2D eigenvalue weighted by Gasteiger charge is 2.07. The molecule has 0 heterocycles. The Hall–Kier alpha value is -2.09. The summed E-state index contributed by atoms with van der Waals surface area (Å²) < 4.78 is 0. The number of carbonyl (C=O) groups excluding carboxylic acids is 1. The zero-order chi connectivity index (χ0) is 18.9. The normalized spacial score (nSPS) is 11.9. The number of hydrogen-bond donors (Lipinski definition) is 3. The van der Waals surface area contributed by atoms with E-state index in [4.69, 9.17) is 0 Å². The third-order valence-corrected chi connectivity index (χ3v) is 4.32. The Balaban J connectivity index is 0.00000364. The number of rotatable bonds is 6. The first-order chi connectivity index (χ1) is 12.5. The SMILES string of the molecule is CN=C(NCc1cccc(C(=O)NC)c1)NCC(C)c1ccc(C)cc1.I. The number of carbonyl (C=O) groups is 1. The highest BCUT2D eigenvalue weighted by atomic mass is 127. The van der Waals surface area contributed by atoms with Crippen LogP contribution in [0.4, 0.5) is 0 Å². The van der Waals surface area contributed by atoms with Gasteiger partial charge >= 0.3 is 0 Å². The van der Waals surface area contributed by atoms with Gasteiger partial charge in [0.05, 0.1) is 0 Å². The lowest BCUT2D eigenvalue weighted by molar-refractivity contribution is 0.0963. The molecule has 0 saturated carbocycles. The summed E-state index contributed by atoms with van der Waals surface area (Å²) >= 11 is 0. The molecule has 0 aliphatic carbocycles. The van der Waals surface area contributed by atoms with Crippen LogP contribution in [-0.4, -0.2) is 32.5 Å². The summed E-state index contributed by atoms with van der Waals surface area (Å²) in [7, 11) is 3.39. The van der Waals surface area contributed by atoms with E-state index in [2.05, 4.69) is 59.1 Å². The summed E-state index contributed by atoms with van der Waals surface area (Å²) in [4.78, 5) is 16.0. The van der Waals surface area contributed by atoms with Crippen molar-refractivity contribution in [3.63, 3.8) is 0 Å². The third-order valence-electron chi connectivity index (χ3n) is 4.32. The summed E-state index contributed by atoms with van der Waals surface area (Å²) in [6, 6.07) is 16.2. The van der Waals surface area contributed by atoms with Gasteiger partial charge in [0.2, 0.25) is 0 Å². The molecule has 1 amide bonds. The Morgan fingerprint density at radius 1 is 1.11 bits per heavy atom. The lowest BCUT2D eigenvalue weighted by atomic mass is 10.0. The van der Waals surface area contributed by atoms with E-state index in [-0.39, 0.29) is 29.9 Å². The van der Waals surface area contributed by atoms with Crippen LogP contribution in [0.15, 0.2) is 53.5 Å². The lowest BCUT2D eigenvalue weighted by Gasteiger charge is -2.17.